The van der Waals surface area contributed by atoms with Crippen LogP contribution in [0.1, 0.15) is 6.92 Å². The third-order valence-electron chi connectivity index (χ3n) is 0.450. The minimum Gasteiger partial charge on any atom is -0.367 e. The second-order valence-corrected chi connectivity index (χ2v) is 1.01. The fourth-order valence-corrected chi connectivity index (χ4v) is 0.203. The molecule has 7 heavy (non-hydrogen) atoms. The second kappa shape index (κ2) is 5.88. The maximum Gasteiger partial charge on any atom is 0.119 e. The molecule has 0 aliphatic carbocycles. The van der Waals surface area contributed by atoms with Crippen LogP contribution in [0.2, 0.25) is 0 Å². The van der Waals surface area contributed by atoms with Crippen molar-refractivity contribution in [3.8, 4) is 0 Å². The van der Waals surface area contributed by atoms with Crippen LogP contribution in [0.4, 0.5) is 0 Å². The highest BCUT2D eigenvalue weighted by Crippen LogP contribution is 1.62. The smallest absolute Gasteiger partial charge is 0.119 e. The third kappa shape index (κ3) is 5.88. The van der Waals surface area contributed by atoms with E-state index in [9.17, 15) is 0 Å². The van der Waals surface area contributed by atoms with Crippen LogP contribution < -0.4 is 5.48 Å². The van der Waals surface area contributed by atoms with Gasteiger partial charge in [0.2, 0.25) is 0 Å². The van der Waals surface area contributed by atoms with Crippen molar-refractivity contribution in [1.29, 1.82) is 0 Å². The number of hydrogen-bond acceptors (Lipinski definition) is 3. The largest absolute Gasteiger partial charge is 0.367 e. The SMILES string of the molecule is CCONCOC. The quantitative estimate of drug-likeness (QED) is 0.313. The molecule has 1 N–H and O–H groups in total. The van der Waals surface area contributed by atoms with Gasteiger partial charge in [-0.05, 0) is 6.92 Å². The summed E-state index contributed by atoms with van der Waals surface area (Å²) in [5.74, 6) is 0. The van der Waals surface area contributed by atoms with E-state index in [4.69, 9.17) is 4.84 Å². The second-order valence-electron chi connectivity index (χ2n) is 1.01. The van der Waals surface area contributed by atoms with Crippen molar-refractivity contribution in [1.82, 2.24) is 5.48 Å². The van der Waals surface area contributed by atoms with Crippen LogP contribution >= 0.6 is 0 Å². The van der Waals surface area contributed by atoms with Crippen molar-refractivity contribution in [2.24, 2.45) is 0 Å². The van der Waals surface area contributed by atoms with Gasteiger partial charge in [-0.3, -0.25) is 4.84 Å². The highest BCUT2D eigenvalue weighted by molar-refractivity contribution is 4.06. The fraction of sp³-hybridized carbons (Fsp3) is 1.00. The van der Waals surface area contributed by atoms with Crippen LogP contribution in [0, 0.1) is 0 Å². The molecule has 0 rings (SSSR count). The topological polar surface area (TPSA) is 30.5 Å². The summed E-state index contributed by atoms with van der Waals surface area (Å²) in [6.07, 6.45) is 0. The molecule has 0 spiro atoms. The Labute approximate surface area is 43.6 Å². The lowest BCUT2D eigenvalue weighted by Crippen LogP contribution is -2.16. The van der Waals surface area contributed by atoms with Gasteiger partial charge >= 0.3 is 0 Å². The number of hydrogen-bond donors (Lipinski definition) is 1. The number of rotatable bonds is 4. The van der Waals surface area contributed by atoms with Crippen molar-refractivity contribution in [2.75, 3.05) is 20.4 Å². The first-order valence-corrected chi connectivity index (χ1v) is 2.25. The van der Waals surface area contributed by atoms with Gasteiger partial charge in [-0.15, -0.1) is 0 Å². The maximum absolute atomic E-state index is 4.70. The van der Waals surface area contributed by atoms with E-state index in [1.54, 1.807) is 7.11 Å². The molecule has 0 aromatic rings. The van der Waals surface area contributed by atoms with Gasteiger partial charge in [0.25, 0.3) is 0 Å². The van der Waals surface area contributed by atoms with E-state index in [0.717, 1.165) is 0 Å². The van der Waals surface area contributed by atoms with E-state index in [1.807, 2.05) is 6.92 Å². The predicted molar refractivity (Wildman–Crippen MR) is 26.6 cm³/mol. The number of nitrogens with one attached hydrogen (secondary N) is 1. The normalized spacial score (nSPS) is 9.43. The van der Waals surface area contributed by atoms with Gasteiger partial charge in [0, 0.05) is 7.11 Å². The zero-order chi connectivity index (χ0) is 5.54. The van der Waals surface area contributed by atoms with E-state index < -0.39 is 0 Å². The Balaban J connectivity index is 2.45. The van der Waals surface area contributed by atoms with Crippen LogP contribution in [0.25, 0.3) is 0 Å². The van der Waals surface area contributed by atoms with Crippen LogP contribution in [0.3, 0.4) is 0 Å². The lowest BCUT2D eigenvalue weighted by molar-refractivity contribution is -0.0131. The van der Waals surface area contributed by atoms with Gasteiger partial charge in [-0.2, -0.15) is 5.48 Å². The standard InChI is InChI=1S/C4H11NO2/c1-3-7-5-4-6-2/h5H,3-4H2,1-2H3. The summed E-state index contributed by atoms with van der Waals surface area (Å²) in [4.78, 5) is 4.70. The molecule has 0 saturated carbocycles. The third-order valence-corrected chi connectivity index (χ3v) is 0.450. The average Bonchev–Trinajstić information content (AvgIpc) is 1.69. The van der Waals surface area contributed by atoms with Gasteiger partial charge < -0.3 is 4.74 Å². The average molecular weight is 105 g/mol. The summed E-state index contributed by atoms with van der Waals surface area (Å²) in [6.45, 7) is 3.03. The fourth-order valence-electron chi connectivity index (χ4n) is 0.203. The molecular formula is C4H11NO2. The van der Waals surface area contributed by atoms with E-state index in [0.29, 0.717) is 13.3 Å². The highest BCUT2D eigenvalue weighted by atomic mass is 16.7. The zero-order valence-corrected chi connectivity index (χ0v) is 4.73. The molecule has 0 fully saturated rings. The van der Waals surface area contributed by atoms with E-state index in [-0.39, 0.29) is 0 Å². The summed E-state index contributed by atoms with van der Waals surface area (Å²) in [7, 11) is 1.60. The molecule has 0 saturated heterocycles. The molecule has 3 nitrogen and oxygen atoms in total. The van der Waals surface area contributed by atoms with Gasteiger partial charge in [-0.25, -0.2) is 0 Å². The van der Waals surface area contributed by atoms with Gasteiger partial charge in [0.15, 0.2) is 0 Å². The number of methoxy groups -OCH3 is 1. The monoisotopic (exact) mass is 105 g/mol. The van der Waals surface area contributed by atoms with Gasteiger partial charge in [0.05, 0.1) is 6.61 Å². The van der Waals surface area contributed by atoms with Crippen molar-refractivity contribution < 1.29 is 9.57 Å². The zero-order valence-electron chi connectivity index (χ0n) is 4.73. The molecule has 3 heteroatoms. The molecule has 0 radical (unpaired) electrons. The molecule has 0 aliphatic rings. The van der Waals surface area contributed by atoms with E-state index >= 15 is 0 Å². The van der Waals surface area contributed by atoms with Crippen molar-refractivity contribution in [2.45, 2.75) is 6.92 Å². The van der Waals surface area contributed by atoms with E-state index in [2.05, 4.69) is 10.2 Å². The molecular weight excluding hydrogens is 94.0 g/mol. The Morgan fingerprint density at radius 3 is 2.71 bits per heavy atom. The number of hydroxylamine groups is 1. The van der Waals surface area contributed by atoms with Crippen LogP contribution in [-0.2, 0) is 9.57 Å². The minimum atomic E-state index is 0.452. The lowest BCUT2D eigenvalue weighted by atomic mass is 10.9. The van der Waals surface area contributed by atoms with Crippen LogP contribution in [0.15, 0.2) is 0 Å². The molecule has 0 amide bonds. The lowest BCUT2D eigenvalue weighted by Gasteiger charge is -1.98. The first-order chi connectivity index (χ1) is 3.41. The highest BCUT2D eigenvalue weighted by Gasteiger charge is 1.74. The molecule has 0 heterocycles. The Hall–Kier alpha value is -0.120. The first kappa shape index (κ1) is 6.88. The van der Waals surface area contributed by atoms with Crippen molar-refractivity contribution in [3.05, 3.63) is 0 Å². The molecule has 0 aromatic heterocycles. The Morgan fingerprint density at radius 2 is 2.29 bits per heavy atom. The summed E-state index contributed by atoms with van der Waals surface area (Å²) >= 11 is 0. The van der Waals surface area contributed by atoms with Crippen molar-refractivity contribution in [3.63, 3.8) is 0 Å². The molecule has 0 aliphatic heterocycles. The van der Waals surface area contributed by atoms with Crippen molar-refractivity contribution >= 4 is 0 Å². The Morgan fingerprint density at radius 1 is 1.57 bits per heavy atom. The summed E-state index contributed by atoms with van der Waals surface area (Å²) < 4.78 is 4.61. The van der Waals surface area contributed by atoms with Crippen LogP contribution in [-0.4, -0.2) is 20.4 Å². The first-order valence-electron chi connectivity index (χ1n) is 2.25. The number of ether oxygens (including phenoxy) is 1. The molecule has 0 bridgehead atoms. The summed E-state index contributed by atoms with van der Waals surface area (Å²) in [5.41, 5.74) is 2.56. The van der Waals surface area contributed by atoms with Gasteiger partial charge in [-0.1, -0.05) is 0 Å². The van der Waals surface area contributed by atoms with E-state index in [1.165, 1.54) is 0 Å². The summed E-state index contributed by atoms with van der Waals surface area (Å²) in [6, 6.07) is 0. The van der Waals surface area contributed by atoms with Crippen LogP contribution in [0.5, 0.6) is 0 Å². The minimum absolute atomic E-state index is 0.452. The van der Waals surface area contributed by atoms with Gasteiger partial charge in [0.1, 0.15) is 6.73 Å². The summed E-state index contributed by atoms with van der Waals surface area (Å²) in [5, 5.41) is 0. The Kier molecular flexibility index (Phi) is 5.78. The molecule has 0 atom stereocenters. The molecule has 44 valence electrons. The molecule has 0 unspecified atom stereocenters. The Bertz CT molecular complexity index is 28.9. The maximum atomic E-state index is 4.70. The molecule has 0 aromatic carbocycles. The predicted octanol–water partition coefficient (Wildman–Crippen LogP) is 0.131.